The first-order chi connectivity index (χ1) is 9.61. The summed E-state index contributed by atoms with van der Waals surface area (Å²) in [6.07, 6.45) is 1.55. The molecular weight excluding hydrogens is 369 g/mol. The number of hydrogen-bond acceptors (Lipinski definition) is 4. The maximum Gasteiger partial charge on any atom is 0.341 e. The van der Waals surface area contributed by atoms with Crippen LogP contribution in [0.4, 0.5) is 5.69 Å². The minimum Gasteiger partial charge on any atom is -0.462 e. The van der Waals surface area contributed by atoms with Crippen molar-refractivity contribution in [2.45, 2.75) is 13.5 Å². The van der Waals surface area contributed by atoms with E-state index in [1.807, 2.05) is 31.3 Å². The molecule has 0 saturated carbocycles. The highest BCUT2D eigenvalue weighted by Crippen LogP contribution is 2.15. The number of aromatic nitrogens is 2. The molecule has 5 nitrogen and oxygen atoms in total. The van der Waals surface area contributed by atoms with Gasteiger partial charge in [-0.3, -0.25) is 4.68 Å². The number of rotatable bonds is 5. The second-order valence-corrected chi connectivity index (χ2v) is 5.46. The van der Waals surface area contributed by atoms with Gasteiger partial charge >= 0.3 is 5.97 Å². The van der Waals surface area contributed by atoms with Crippen molar-refractivity contribution in [2.75, 3.05) is 11.9 Å². The first-order valence-electron chi connectivity index (χ1n) is 6.29. The van der Waals surface area contributed by atoms with Crippen molar-refractivity contribution in [2.24, 2.45) is 7.05 Å². The number of hydrogen-bond donors (Lipinski definition) is 1. The lowest BCUT2D eigenvalue weighted by Gasteiger charge is -2.09. The first kappa shape index (κ1) is 14.8. The van der Waals surface area contributed by atoms with E-state index in [4.69, 9.17) is 4.74 Å². The van der Waals surface area contributed by atoms with E-state index in [1.54, 1.807) is 17.8 Å². The van der Waals surface area contributed by atoms with Crippen LogP contribution in [-0.2, 0) is 18.3 Å². The van der Waals surface area contributed by atoms with Crippen LogP contribution in [0.3, 0.4) is 0 Å². The van der Waals surface area contributed by atoms with Gasteiger partial charge in [0.25, 0.3) is 0 Å². The highest BCUT2D eigenvalue weighted by atomic mass is 127. The molecule has 0 aliphatic rings. The number of benzene rings is 1. The second-order valence-electron chi connectivity index (χ2n) is 4.21. The van der Waals surface area contributed by atoms with Gasteiger partial charge in [-0.05, 0) is 47.7 Å². The molecule has 0 aliphatic heterocycles. The number of carbonyl (C=O) groups excluding carboxylic acids is 1. The second kappa shape index (κ2) is 6.74. The first-order valence-corrected chi connectivity index (χ1v) is 7.37. The van der Waals surface area contributed by atoms with Gasteiger partial charge in [-0.2, -0.15) is 5.10 Å². The zero-order valence-corrected chi connectivity index (χ0v) is 13.5. The number of halogens is 1. The van der Waals surface area contributed by atoms with Gasteiger partial charge in [0.2, 0.25) is 0 Å². The van der Waals surface area contributed by atoms with Crippen molar-refractivity contribution >= 4 is 34.2 Å². The maximum atomic E-state index is 11.8. The van der Waals surface area contributed by atoms with Crippen LogP contribution in [0.2, 0.25) is 0 Å². The van der Waals surface area contributed by atoms with Gasteiger partial charge in [0.05, 0.1) is 25.0 Å². The lowest BCUT2D eigenvalue weighted by Crippen LogP contribution is -2.12. The molecule has 0 atom stereocenters. The number of esters is 1. The van der Waals surface area contributed by atoms with E-state index in [-0.39, 0.29) is 5.97 Å². The van der Waals surface area contributed by atoms with E-state index >= 15 is 0 Å². The number of ether oxygens (including phenoxy) is 1. The summed E-state index contributed by atoms with van der Waals surface area (Å²) < 4.78 is 7.88. The minimum atomic E-state index is -0.333. The molecule has 0 amide bonds. The summed E-state index contributed by atoms with van der Waals surface area (Å²) in [7, 11) is 1.81. The third-order valence-corrected chi connectivity index (χ3v) is 3.51. The van der Waals surface area contributed by atoms with Crippen LogP contribution < -0.4 is 5.32 Å². The van der Waals surface area contributed by atoms with Gasteiger partial charge in [0.1, 0.15) is 5.56 Å². The van der Waals surface area contributed by atoms with Gasteiger partial charge < -0.3 is 10.1 Å². The number of nitrogens with one attached hydrogen (secondary N) is 1. The number of anilines is 1. The molecule has 2 rings (SSSR count). The minimum absolute atomic E-state index is 0.333. The Morgan fingerprint density at radius 2 is 2.30 bits per heavy atom. The van der Waals surface area contributed by atoms with Crippen LogP contribution in [0.1, 0.15) is 23.0 Å². The standard InChI is InChI=1S/C14H16IN3O2/c1-3-20-14(19)12-8-17-18(2)13(12)9-16-11-6-4-5-10(15)7-11/h4-8,16H,3,9H2,1-2H3. The summed E-state index contributed by atoms with van der Waals surface area (Å²) in [5, 5.41) is 7.42. The number of nitrogens with zero attached hydrogens (tertiary/aromatic N) is 2. The molecule has 1 aromatic carbocycles. The fourth-order valence-corrected chi connectivity index (χ4v) is 2.38. The fourth-order valence-electron chi connectivity index (χ4n) is 1.84. The van der Waals surface area contributed by atoms with Gasteiger partial charge in [0, 0.05) is 16.3 Å². The Labute approximate surface area is 131 Å². The van der Waals surface area contributed by atoms with Crippen LogP contribution in [0, 0.1) is 3.57 Å². The van der Waals surface area contributed by atoms with Crippen molar-refractivity contribution < 1.29 is 9.53 Å². The third kappa shape index (κ3) is 3.50. The van der Waals surface area contributed by atoms with E-state index in [1.165, 1.54) is 0 Å². The zero-order chi connectivity index (χ0) is 14.5. The van der Waals surface area contributed by atoms with Crippen molar-refractivity contribution in [3.05, 3.63) is 45.3 Å². The van der Waals surface area contributed by atoms with Crippen LogP contribution in [0.15, 0.2) is 30.5 Å². The van der Waals surface area contributed by atoms with Gasteiger partial charge in [-0.1, -0.05) is 6.07 Å². The SMILES string of the molecule is CCOC(=O)c1cnn(C)c1CNc1cccc(I)c1. The van der Waals surface area contributed by atoms with Crippen molar-refractivity contribution in [3.8, 4) is 0 Å². The molecule has 1 aromatic heterocycles. The summed E-state index contributed by atoms with van der Waals surface area (Å²) in [6, 6.07) is 8.04. The molecule has 0 spiro atoms. The smallest absolute Gasteiger partial charge is 0.341 e. The van der Waals surface area contributed by atoms with Crippen LogP contribution in [0.25, 0.3) is 0 Å². The fraction of sp³-hybridized carbons (Fsp3) is 0.286. The molecule has 0 fully saturated rings. The lowest BCUT2D eigenvalue weighted by atomic mass is 10.2. The molecule has 6 heteroatoms. The molecular formula is C14H16IN3O2. The Kier molecular flexibility index (Phi) is 4.99. The molecule has 2 aromatic rings. The Balaban J connectivity index is 2.13. The van der Waals surface area contributed by atoms with Crippen molar-refractivity contribution in [3.63, 3.8) is 0 Å². The predicted molar refractivity (Wildman–Crippen MR) is 85.7 cm³/mol. The topological polar surface area (TPSA) is 56.1 Å². The maximum absolute atomic E-state index is 11.8. The quantitative estimate of drug-likeness (QED) is 0.636. The summed E-state index contributed by atoms with van der Waals surface area (Å²) >= 11 is 2.26. The van der Waals surface area contributed by atoms with E-state index < -0.39 is 0 Å². The third-order valence-electron chi connectivity index (χ3n) is 2.84. The van der Waals surface area contributed by atoms with Crippen molar-refractivity contribution in [1.82, 2.24) is 9.78 Å². The molecule has 1 N–H and O–H groups in total. The number of carbonyl (C=O) groups is 1. The van der Waals surface area contributed by atoms with Gasteiger partial charge in [-0.25, -0.2) is 4.79 Å². The van der Waals surface area contributed by atoms with E-state index in [2.05, 4.69) is 33.0 Å². The van der Waals surface area contributed by atoms with Crippen LogP contribution in [-0.4, -0.2) is 22.4 Å². The Morgan fingerprint density at radius 3 is 3.00 bits per heavy atom. The lowest BCUT2D eigenvalue weighted by molar-refractivity contribution is 0.0525. The number of aryl methyl sites for hydroxylation is 1. The molecule has 0 aliphatic carbocycles. The zero-order valence-electron chi connectivity index (χ0n) is 11.4. The Morgan fingerprint density at radius 1 is 1.50 bits per heavy atom. The summed E-state index contributed by atoms with van der Waals surface area (Å²) in [5.74, 6) is -0.333. The molecule has 0 unspecified atom stereocenters. The highest BCUT2D eigenvalue weighted by Gasteiger charge is 2.16. The van der Waals surface area contributed by atoms with E-state index in [0.717, 1.165) is 15.0 Å². The summed E-state index contributed by atoms with van der Waals surface area (Å²) in [4.78, 5) is 11.8. The molecule has 20 heavy (non-hydrogen) atoms. The normalized spacial score (nSPS) is 10.3. The van der Waals surface area contributed by atoms with Crippen LogP contribution >= 0.6 is 22.6 Å². The van der Waals surface area contributed by atoms with Gasteiger partial charge in [0.15, 0.2) is 0 Å². The average Bonchev–Trinajstić information content (AvgIpc) is 2.78. The highest BCUT2D eigenvalue weighted by molar-refractivity contribution is 14.1. The van der Waals surface area contributed by atoms with Gasteiger partial charge in [-0.15, -0.1) is 0 Å². The monoisotopic (exact) mass is 385 g/mol. The molecule has 106 valence electrons. The Bertz CT molecular complexity index is 610. The largest absolute Gasteiger partial charge is 0.462 e. The summed E-state index contributed by atoms with van der Waals surface area (Å²) in [6.45, 7) is 2.67. The average molecular weight is 385 g/mol. The van der Waals surface area contributed by atoms with Crippen LogP contribution in [0.5, 0.6) is 0 Å². The summed E-state index contributed by atoms with van der Waals surface area (Å²) in [5.41, 5.74) is 2.32. The van der Waals surface area contributed by atoms with E-state index in [0.29, 0.717) is 18.7 Å². The Hall–Kier alpha value is -1.57. The van der Waals surface area contributed by atoms with E-state index in [9.17, 15) is 4.79 Å². The molecule has 1 heterocycles. The van der Waals surface area contributed by atoms with Crippen molar-refractivity contribution in [1.29, 1.82) is 0 Å². The molecule has 0 radical (unpaired) electrons. The molecule has 0 saturated heterocycles. The molecule has 0 bridgehead atoms. The predicted octanol–water partition coefficient (Wildman–Crippen LogP) is 2.81.